The Morgan fingerprint density at radius 1 is 1.16 bits per heavy atom. The van der Waals surface area contributed by atoms with Crippen molar-refractivity contribution in [2.75, 3.05) is 0 Å². The molecule has 0 amide bonds. The third kappa shape index (κ3) is 2.76. The second kappa shape index (κ2) is 5.93. The van der Waals surface area contributed by atoms with E-state index in [0.29, 0.717) is 12.1 Å². The van der Waals surface area contributed by atoms with E-state index in [0.717, 1.165) is 33.3 Å². The molecule has 4 rings (SSSR count). The van der Waals surface area contributed by atoms with Gasteiger partial charge in [0.1, 0.15) is 11.3 Å². The molecule has 7 heteroatoms. The Hall–Kier alpha value is -2.80. The molecule has 0 saturated heterocycles. The van der Waals surface area contributed by atoms with Gasteiger partial charge >= 0.3 is 0 Å². The first-order valence-corrected chi connectivity index (χ1v) is 8.83. The lowest BCUT2D eigenvalue weighted by Gasteiger charge is -2.05. The second-order valence-corrected chi connectivity index (χ2v) is 7.35. The van der Waals surface area contributed by atoms with Crippen LogP contribution in [0.2, 0.25) is 0 Å². The molecule has 126 valence electrons. The van der Waals surface area contributed by atoms with Gasteiger partial charge in [0.2, 0.25) is 0 Å². The molecule has 25 heavy (non-hydrogen) atoms. The van der Waals surface area contributed by atoms with E-state index in [1.807, 2.05) is 36.6 Å². The summed E-state index contributed by atoms with van der Waals surface area (Å²) in [5.74, 6) is 0.764. The van der Waals surface area contributed by atoms with Gasteiger partial charge in [-0.1, -0.05) is 24.3 Å². The van der Waals surface area contributed by atoms with Crippen molar-refractivity contribution in [2.45, 2.75) is 27.3 Å². The van der Waals surface area contributed by atoms with Gasteiger partial charge in [-0.25, -0.2) is 15.0 Å². The predicted octanol–water partition coefficient (Wildman–Crippen LogP) is 3.34. The van der Waals surface area contributed by atoms with Crippen LogP contribution in [0.5, 0.6) is 0 Å². The Balaban J connectivity index is 1.87. The summed E-state index contributed by atoms with van der Waals surface area (Å²) in [7, 11) is 0. The highest BCUT2D eigenvalue weighted by atomic mass is 32.1. The highest BCUT2D eigenvalue weighted by molar-refractivity contribution is 7.11. The molecule has 0 spiro atoms. The number of hydrogen-bond acceptors (Lipinski definition) is 5. The van der Waals surface area contributed by atoms with Gasteiger partial charge in [0, 0.05) is 10.4 Å². The maximum atomic E-state index is 8.11. The van der Waals surface area contributed by atoms with Crippen LogP contribution in [0.15, 0.2) is 30.6 Å². The highest BCUT2D eigenvalue weighted by Gasteiger charge is 2.13. The lowest BCUT2D eigenvalue weighted by atomic mass is 10.1. The molecule has 0 unspecified atom stereocenters. The summed E-state index contributed by atoms with van der Waals surface area (Å²) in [6, 6.07) is 8.09. The maximum absolute atomic E-state index is 8.11. The average Bonchev–Trinajstić information content (AvgIpc) is 3.15. The number of fused-ring (bicyclic) bond motifs is 1. The molecule has 4 aromatic rings. The standard InChI is InChI=1S/C18H18N6S/c1-10-6-4-5-7-13(10)17-22-15-16(19)20-9-24(18(15)23-17)8-14-11(2)21-12(3)25-14/h4-7,9,19H,8H2,1-3H3,(H,22,23). The van der Waals surface area contributed by atoms with Gasteiger partial charge in [0.25, 0.3) is 0 Å². The number of aryl methyl sites for hydroxylation is 3. The summed E-state index contributed by atoms with van der Waals surface area (Å²) in [4.78, 5) is 17.9. The van der Waals surface area contributed by atoms with Gasteiger partial charge in [-0.2, -0.15) is 0 Å². The van der Waals surface area contributed by atoms with Crippen LogP contribution >= 0.6 is 11.3 Å². The van der Waals surface area contributed by atoms with Crippen molar-refractivity contribution in [3.63, 3.8) is 0 Å². The number of H-pyrrole nitrogens is 1. The zero-order valence-electron chi connectivity index (χ0n) is 14.3. The smallest absolute Gasteiger partial charge is 0.173 e. The second-order valence-electron chi connectivity index (χ2n) is 6.06. The normalized spacial score (nSPS) is 11.3. The molecule has 3 heterocycles. The summed E-state index contributed by atoms with van der Waals surface area (Å²) in [5, 5.41) is 9.16. The van der Waals surface area contributed by atoms with E-state index in [9.17, 15) is 0 Å². The molecular formula is C18H18N6S. The SMILES string of the molecule is Cc1nc(C)c(Cn2cnc(=N)c3[nH]c(-c4ccccc4C)nc32)s1. The molecule has 0 bridgehead atoms. The van der Waals surface area contributed by atoms with E-state index >= 15 is 0 Å². The summed E-state index contributed by atoms with van der Waals surface area (Å²) >= 11 is 1.68. The Bertz CT molecular complexity index is 1130. The number of hydrogen-bond donors (Lipinski definition) is 2. The minimum absolute atomic E-state index is 0.204. The van der Waals surface area contributed by atoms with Gasteiger partial charge < -0.3 is 9.55 Å². The molecule has 0 saturated carbocycles. The zero-order valence-corrected chi connectivity index (χ0v) is 15.1. The lowest BCUT2D eigenvalue weighted by molar-refractivity contribution is 0.788. The van der Waals surface area contributed by atoms with Crippen molar-refractivity contribution in [1.82, 2.24) is 24.5 Å². The van der Waals surface area contributed by atoms with Crippen molar-refractivity contribution in [1.29, 1.82) is 5.41 Å². The first kappa shape index (κ1) is 15.7. The van der Waals surface area contributed by atoms with E-state index in [1.54, 1.807) is 17.7 Å². The summed E-state index contributed by atoms with van der Waals surface area (Å²) in [6.45, 7) is 6.74. The van der Waals surface area contributed by atoms with Crippen molar-refractivity contribution in [2.24, 2.45) is 0 Å². The van der Waals surface area contributed by atoms with Crippen molar-refractivity contribution >= 4 is 22.5 Å². The molecular weight excluding hydrogens is 332 g/mol. The Labute approximate surface area is 148 Å². The van der Waals surface area contributed by atoms with E-state index in [1.165, 1.54) is 4.88 Å². The van der Waals surface area contributed by atoms with Gasteiger partial charge in [-0.3, -0.25) is 5.41 Å². The lowest BCUT2D eigenvalue weighted by Crippen LogP contribution is -2.13. The summed E-state index contributed by atoms with van der Waals surface area (Å²) in [5.41, 5.74) is 4.81. The number of rotatable bonds is 3. The van der Waals surface area contributed by atoms with Crippen LogP contribution in [0.25, 0.3) is 22.6 Å². The van der Waals surface area contributed by atoms with E-state index < -0.39 is 0 Å². The topological polar surface area (TPSA) is 83.2 Å². The fourth-order valence-electron chi connectivity index (χ4n) is 2.94. The molecule has 2 N–H and O–H groups in total. The molecule has 0 atom stereocenters. The van der Waals surface area contributed by atoms with Crippen LogP contribution in [-0.2, 0) is 6.54 Å². The molecule has 0 radical (unpaired) electrons. The predicted molar refractivity (Wildman–Crippen MR) is 98.6 cm³/mol. The van der Waals surface area contributed by atoms with Gasteiger partial charge in [0.05, 0.1) is 23.6 Å². The molecule has 0 fully saturated rings. The Kier molecular flexibility index (Phi) is 3.73. The number of benzene rings is 1. The third-order valence-electron chi connectivity index (χ3n) is 4.23. The number of aromatic amines is 1. The van der Waals surface area contributed by atoms with Crippen LogP contribution in [-0.4, -0.2) is 24.5 Å². The minimum Gasteiger partial charge on any atom is -0.334 e. The number of nitrogens with zero attached hydrogens (tertiary/aromatic N) is 4. The maximum Gasteiger partial charge on any atom is 0.173 e. The molecule has 6 nitrogen and oxygen atoms in total. The fraction of sp³-hybridized carbons (Fsp3) is 0.222. The molecule has 0 aliphatic carbocycles. The van der Waals surface area contributed by atoms with Crippen molar-refractivity contribution < 1.29 is 0 Å². The average molecular weight is 350 g/mol. The molecule has 3 aromatic heterocycles. The van der Waals surface area contributed by atoms with Crippen LogP contribution < -0.4 is 5.49 Å². The van der Waals surface area contributed by atoms with Crippen LogP contribution in [0.1, 0.15) is 21.1 Å². The fourth-order valence-corrected chi connectivity index (χ4v) is 3.88. The van der Waals surface area contributed by atoms with E-state index in [2.05, 4.69) is 27.9 Å². The van der Waals surface area contributed by atoms with Crippen LogP contribution in [0.3, 0.4) is 0 Å². The highest BCUT2D eigenvalue weighted by Crippen LogP contribution is 2.23. The molecule has 0 aliphatic rings. The summed E-state index contributed by atoms with van der Waals surface area (Å²) < 4.78 is 1.98. The first-order valence-electron chi connectivity index (χ1n) is 8.01. The third-order valence-corrected chi connectivity index (χ3v) is 5.29. The van der Waals surface area contributed by atoms with Gasteiger partial charge in [-0.15, -0.1) is 11.3 Å². The van der Waals surface area contributed by atoms with Crippen molar-refractivity contribution in [3.8, 4) is 11.4 Å². The Morgan fingerprint density at radius 3 is 2.68 bits per heavy atom. The number of imidazole rings is 1. The first-order chi connectivity index (χ1) is 12.0. The number of nitrogens with one attached hydrogen (secondary N) is 2. The number of thiazole rings is 1. The zero-order chi connectivity index (χ0) is 17.6. The van der Waals surface area contributed by atoms with Crippen LogP contribution in [0.4, 0.5) is 0 Å². The monoisotopic (exact) mass is 350 g/mol. The Morgan fingerprint density at radius 2 is 1.96 bits per heavy atom. The van der Waals surface area contributed by atoms with Crippen molar-refractivity contribution in [3.05, 3.63) is 57.2 Å². The minimum atomic E-state index is 0.204. The number of aromatic nitrogens is 5. The van der Waals surface area contributed by atoms with Crippen LogP contribution in [0, 0.1) is 26.2 Å². The largest absolute Gasteiger partial charge is 0.334 e. The summed E-state index contributed by atoms with van der Waals surface area (Å²) in [6.07, 6.45) is 1.68. The van der Waals surface area contributed by atoms with Gasteiger partial charge in [-0.05, 0) is 26.3 Å². The van der Waals surface area contributed by atoms with E-state index in [-0.39, 0.29) is 5.49 Å². The quantitative estimate of drug-likeness (QED) is 0.594. The molecule has 1 aromatic carbocycles. The van der Waals surface area contributed by atoms with E-state index in [4.69, 9.17) is 10.4 Å². The van der Waals surface area contributed by atoms with Gasteiger partial charge in [0.15, 0.2) is 11.1 Å². The molecule has 0 aliphatic heterocycles.